The van der Waals surface area contributed by atoms with E-state index in [4.69, 9.17) is 18.9 Å². The smallest absolute Gasteiger partial charge is 0.303 e. The van der Waals surface area contributed by atoms with Gasteiger partial charge in [-0.05, 0) is 111 Å². The fourth-order valence-electron chi connectivity index (χ4n) is 13.1. The number of Topliss-reactive ketones (excluding diaryl/α,β-unsaturated/α-hetero) is 1. The number of aliphatic hydroxyl groups is 3. The average molecular weight is 633 g/mol. The first kappa shape index (κ1) is 32.4. The molecular formula is C36H56O9. The first-order chi connectivity index (χ1) is 21.0. The molecular weight excluding hydrogens is 576 g/mol. The maximum absolute atomic E-state index is 14.6. The van der Waals surface area contributed by atoms with Crippen molar-refractivity contribution in [3.63, 3.8) is 0 Å². The summed E-state index contributed by atoms with van der Waals surface area (Å²) in [6.45, 7) is 14.2. The molecule has 2 heterocycles. The monoisotopic (exact) mass is 632 g/mol. The van der Waals surface area contributed by atoms with Gasteiger partial charge in [-0.1, -0.05) is 27.7 Å². The normalized spacial score (nSPS) is 52.4. The lowest BCUT2D eigenvalue weighted by atomic mass is 9.46. The van der Waals surface area contributed by atoms with Crippen LogP contribution in [-0.2, 0) is 28.5 Å². The highest BCUT2D eigenvalue weighted by Crippen LogP contribution is 2.89. The van der Waals surface area contributed by atoms with Gasteiger partial charge in [-0.25, -0.2) is 0 Å². The maximum Gasteiger partial charge on any atom is 0.303 e. The lowest BCUT2D eigenvalue weighted by molar-refractivity contribution is -0.264. The molecule has 45 heavy (non-hydrogen) atoms. The number of carbonyl (C=O) groups is 2. The zero-order chi connectivity index (χ0) is 32.5. The second-order valence-corrected chi connectivity index (χ2v) is 17.5. The summed E-state index contributed by atoms with van der Waals surface area (Å²) < 4.78 is 24.6. The molecule has 7 aliphatic rings. The van der Waals surface area contributed by atoms with Gasteiger partial charge in [0.25, 0.3) is 0 Å². The number of rotatable bonds is 5. The van der Waals surface area contributed by atoms with Crippen LogP contribution >= 0.6 is 0 Å². The Kier molecular flexibility index (Phi) is 7.53. The van der Waals surface area contributed by atoms with Gasteiger partial charge in [0, 0.05) is 19.3 Å². The number of hydrogen-bond donors (Lipinski definition) is 3. The van der Waals surface area contributed by atoms with Gasteiger partial charge < -0.3 is 34.3 Å². The van der Waals surface area contributed by atoms with E-state index in [1.807, 2.05) is 0 Å². The molecule has 2 saturated heterocycles. The molecule has 0 bridgehead atoms. The summed E-state index contributed by atoms with van der Waals surface area (Å²) in [5, 5.41) is 31.0. The Morgan fingerprint density at radius 2 is 1.69 bits per heavy atom. The van der Waals surface area contributed by atoms with Gasteiger partial charge in [0.05, 0.1) is 30.5 Å². The van der Waals surface area contributed by atoms with Crippen LogP contribution < -0.4 is 0 Å². The molecule has 0 radical (unpaired) electrons. The summed E-state index contributed by atoms with van der Waals surface area (Å²) in [7, 11) is 0. The fraction of sp³-hybridized carbons (Fsp3) is 0.944. The molecule has 0 aromatic carbocycles. The van der Waals surface area contributed by atoms with Crippen LogP contribution in [0.5, 0.6) is 0 Å². The largest absolute Gasteiger partial charge is 0.457 e. The summed E-state index contributed by atoms with van der Waals surface area (Å²) in [6.07, 6.45) is 4.08. The van der Waals surface area contributed by atoms with Crippen LogP contribution in [-0.4, -0.2) is 82.2 Å². The Labute approximate surface area is 268 Å². The van der Waals surface area contributed by atoms with Crippen LogP contribution in [0.2, 0.25) is 0 Å². The van der Waals surface area contributed by atoms with Gasteiger partial charge in [-0.15, -0.1) is 0 Å². The first-order valence-corrected chi connectivity index (χ1v) is 17.7. The van der Waals surface area contributed by atoms with Crippen molar-refractivity contribution in [2.24, 2.45) is 51.2 Å². The van der Waals surface area contributed by atoms with E-state index < -0.39 is 48.4 Å². The van der Waals surface area contributed by atoms with Crippen molar-refractivity contribution in [3.05, 3.63) is 0 Å². The first-order valence-electron chi connectivity index (χ1n) is 17.7. The highest BCUT2D eigenvalue weighted by atomic mass is 16.7. The second kappa shape index (κ2) is 10.4. The minimum Gasteiger partial charge on any atom is -0.457 e. The van der Waals surface area contributed by atoms with Crippen molar-refractivity contribution in [1.82, 2.24) is 0 Å². The van der Waals surface area contributed by atoms with Crippen molar-refractivity contribution in [2.75, 3.05) is 6.61 Å². The number of fused-ring (bicyclic) bond motifs is 4. The van der Waals surface area contributed by atoms with Crippen LogP contribution in [0, 0.1) is 51.2 Å². The summed E-state index contributed by atoms with van der Waals surface area (Å²) in [6, 6.07) is 0. The molecule has 7 rings (SSSR count). The number of hydrogen-bond acceptors (Lipinski definition) is 9. The van der Waals surface area contributed by atoms with Crippen LogP contribution in [0.3, 0.4) is 0 Å². The van der Waals surface area contributed by atoms with E-state index in [1.165, 1.54) is 6.92 Å². The average Bonchev–Trinajstić information content (AvgIpc) is 3.40. The minimum absolute atomic E-state index is 0.0121. The van der Waals surface area contributed by atoms with Crippen LogP contribution in [0.4, 0.5) is 0 Å². The zero-order valence-electron chi connectivity index (χ0n) is 28.3. The van der Waals surface area contributed by atoms with Crippen molar-refractivity contribution in [3.8, 4) is 0 Å². The summed E-state index contributed by atoms with van der Waals surface area (Å²) in [5.74, 6) is 1.27. The van der Waals surface area contributed by atoms with Gasteiger partial charge in [0.15, 0.2) is 18.2 Å². The predicted molar refractivity (Wildman–Crippen MR) is 164 cm³/mol. The van der Waals surface area contributed by atoms with Crippen molar-refractivity contribution >= 4 is 11.8 Å². The van der Waals surface area contributed by atoms with E-state index >= 15 is 0 Å². The lowest BCUT2D eigenvalue weighted by Gasteiger charge is -2.59. The predicted octanol–water partition coefficient (Wildman–Crippen LogP) is 4.17. The number of ketones is 1. The molecule has 254 valence electrons. The Bertz CT molecular complexity index is 1210. The Morgan fingerprint density at radius 1 is 0.978 bits per heavy atom. The molecule has 2 spiro atoms. The molecule has 3 N–H and O–H groups in total. The molecule has 14 unspecified atom stereocenters. The molecule has 5 saturated carbocycles. The molecule has 15 atom stereocenters. The third kappa shape index (κ3) is 4.39. The standard InChI is InChI=1S/C36H56O9/c1-18-35-15-14-34(7)21-8-10-24(31(33(5,6)41)43-19(2)37)44-30(21)29(40)28(34)20(35)9-11-25-32(3,4)26(12-13-36(18,25)35)45-27-16-22(38)23(39)17-42-27/h18,20-28,30-31,38-39,41H,8-17H2,1-7H3/t18?,20?,21?,22?,23?,24?,25?,26?,27?,28?,30?,31?,34?,35-,36?/m0/s1. The minimum atomic E-state index is -1.28. The van der Waals surface area contributed by atoms with Gasteiger partial charge in [-0.2, -0.15) is 0 Å². The summed E-state index contributed by atoms with van der Waals surface area (Å²) in [4.78, 5) is 26.5. The third-order valence-corrected chi connectivity index (χ3v) is 15.0. The van der Waals surface area contributed by atoms with Crippen molar-refractivity contribution < 1.29 is 43.9 Å². The van der Waals surface area contributed by atoms with E-state index in [0.717, 1.165) is 44.9 Å². The molecule has 7 fully saturated rings. The maximum atomic E-state index is 14.6. The second-order valence-electron chi connectivity index (χ2n) is 17.5. The molecule has 0 aromatic rings. The molecule has 9 nitrogen and oxygen atoms in total. The highest BCUT2D eigenvalue weighted by molar-refractivity contribution is 5.90. The van der Waals surface area contributed by atoms with Gasteiger partial charge >= 0.3 is 5.97 Å². The van der Waals surface area contributed by atoms with E-state index in [2.05, 4.69) is 27.7 Å². The fourth-order valence-corrected chi connectivity index (χ4v) is 13.1. The zero-order valence-corrected chi connectivity index (χ0v) is 28.3. The number of esters is 1. The quantitative estimate of drug-likeness (QED) is 0.302. The third-order valence-electron chi connectivity index (χ3n) is 15.0. The van der Waals surface area contributed by atoms with Crippen LogP contribution in [0.25, 0.3) is 0 Å². The Balaban J connectivity index is 1.12. The van der Waals surface area contributed by atoms with Crippen LogP contribution in [0.1, 0.15) is 106 Å². The SMILES string of the molecule is CC(=O)OC(C1CCC2C(O1)C(=O)C1C3CCC4C(C)(C)C(OC5CC(O)C(O)CO5)CCC45C(C)[C@@]35CCC21C)C(C)(C)O. The Morgan fingerprint density at radius 3 is 2.36 bits per heavy atom. The van der Waals surface area contributed by atoms with E-state index in [0.29, 0.717) is 24.2 Å². The number of aliphatic hydroxyl groups excluding tert-OH is 2. The molecule has 0 amide bonds. The van der Waals surface area contributed by atoms with Crippen LogP contribution in [0.15, 0.2) is 0 Å². The molecule has 5 aliphatic carbocycles. The molecule has 2 aliphatic heterocycles. The van der Waals surface area contributed by atoms with Gasteiger partial charge in [0.1, 0.15) is 12.2 Å². The highest BCUT2D eigenvalue weighted by Gasteiger charge is 2.85. The van der Waals surface area contributed by atoms with Crippen molar-refractivity contribution in [1.29, 1.82) is 0 Å². The topological polar surface area (TPSA) is 132 Å². The molecule has 9 heteroatoms. The van der Waals surface area contributed by atoms with Gasteiger partial charge in [0.2, 0.25) is 0 Å². The Hall–Kier alpha value is -1.10. The molecule has 0 aromatic heterocycles. The van der Waals surface area contributed by atoms with Crippen molar-refractivity contribution in [2.45, 2.75) is 155 Å². The van der Waals surface area contributed by atoms with E-state index in [9.17, 15) is 24.9 Å². The summed E-state index contributed by atoms with van der Waals surface area (Å²) in [5.41, 5.74) is -1.12. The van der Waals surface area contributed by atoms with Gasteiger partial charge in [-0.3, -0.25) is 9.59 Å². The van der Waals surface area contributed by atoms with E-state index in [1.54, 1.807) is 13.8 Å². The number of ether oxygens (including phenoxy) is 4. The lowest BCUT2D eigenvalue weighted by Crippen LogP contribution is -2.56. The van der Waals surface area contributed by atoms with E-state index in [-0.39, 0.29) is 58.4 Å². The summed E-state index contributed by atoms with van der Waals surface area (Å²) >= 11 is 0. The number of carbonyl (C=O) groups excluding carboxylic acids is 2.